The van der Waals surface area contributed by atoms with Crippen LogP contribution in [-0.4, -0.2) is 47.3 Å². The van der Waals surface area contributed by atoms with Crippen LogP contribution in [0.4, 0.5) is 0 Å². The summed E-state index contributed by atoms with van der Waals surface area (Å²) < 4.78 is 11.3. The van der Waals surface area contributed by atoms with Gasteiger partial charge in [-0.05, 0) is 12.8 Å². The zero-order valence-electron chi connectivity index (χ0n) is 16.6. The Kier molecular flexibility index (Phi) is 4.48. The predicted molar refractivity (Wildman–Crippen MR) is 109 cm³/mol. The highest BCUT2D eigenvalue weighted by Gasteiger charge is 2.25. The largest absolute Gasteiger partial charge is 0.381 e. The summed E-state index contributed by atoms with van der Waals surface area (Å²) in [7, 11) is 3.93. The highest BCUT2D eigenvalue weighted by Crippen LogP contribution is 2.30. The molecule has 0 spiro atoms. The molecular formula is C21H23N7O. The minimum absolute atomic E-state index is 0.304. The van der Waals surface area contributed by atoms with E-state index >= 15 is 0 Å². The van der Waals surface area contributed by atoms with Gasteiger partial charge < -0.3 is 9.30 Å². The van der Waals surface area contributed by atoms with Gasteiger partial charge in [-0.3, -0.25) is 4.68 Å². The van der Waals surface area contributed by atoms with Gasteiger partial charge in [-0.25, -0.2) is 9.97 Å². The first-order chi connectivity index (χ1) is 14.2. The molecule has 0 saturated carbocycles. The van der Waals surface area contributed by atoms with Crippen molar-refractivity contribution in [2.75, 3.05) is 13.2 Å². The molecule has 1 aliphatic heterocycles. The minimum atomic E-state index is 0.304. The lowest BCUT2D eigenvalue weighted by atomic mass is 10.00. The molecule has 29 heavy (non-hydrogen) atoms. The second kappa shape index (κ2) is 7.29. The van der Waals surface area contributed by atoms with Crippen molar-refractivity contribution >= 4 is 0 Å². The Balaban J connectivity index is 1.63. The molecule has 148 valence electrons. The van der Waals surface area contributed by atoms with Gasteiger partial charge >= 0.3 is 0 Å². The van der Waals surface area contributed by atoms with Crippen LogP contribution in [0.1, 0.15) is 24.6 Å². The molecule has 0 aliphatic carbocycles. The lowest BCUT2D eigenvalue weighted by molar-refractivity contribution is 0.0836. The molecule has 0 N–H and O–H groups in total. The van der Waals surface area contributed by atoms with Crippen molar-refractivity contribution in [3.63, 3.8) is 0 Å². The van der Waals surface area contributed by atoms with Crippen molar-refractivity contribution in [2.45, 2.75) is 18.8 Å². The fourth-order valence-electron chi connectivity index (χ4n) is 3.83. The van der Waals surface area contributed by atoms with E-state index in [2.05, 4.69) is 26.8 Å². The highest BCUT2D eigenvalue weighted by atomic mass is 16.5. The van der Waals surface area contributed by atoms with Crippen molar-refractivity contribution in [2.24, 2.45) is 14.1 Å². The molecule has 0 atom stereocenters. The molecule has 0 bridgehead atoms. The van der Waals surface area contributed by atoms with Crippen LogP contribution >= 0.6 is 0 Å². The molecule has 8 heteroatoms. The number of hydrogen-bond donors (Lipinski definition) is 0. The Labute approximate surface area is 168 Å². The fourth-order valence-corrected chi connectivity index (χ4v) is 3.83. The van der Waals surface area contributed by atoms with E-state index in [4.69, 9.17) is 14.8 Å². The summed E-state index contributed by atoms with van der Waals surface area (Å²) in [5.41, 5.74) is 1.98. The van der Waals surface area contributed by atoms with Crippen LogP contribution in [0.2, 0.25) is 0 Å². The first-order valence-electron chi connectivity index (χ1n) is 9.83. The van der Waals surface area contributed by atoms with Crippen molar-refractivity contribution < 1.29 is 4.74 Å². The van der Waals surface area contributed by atoms with Crippen LogP contribution in [0, 0.1) is 0 Å². The number of ether oxygens (including phenoxy) is 1. The Morgan fingerprint density at radius 2 is 1.79 bits per heavy atom. The Morgan fingerprint density at radius 1 is 1.00 bits per heavy atom. The van der Waals surface area contributed by atoms with E-state index in [1.165, 1.54) is 0 Å². The molecule has 3 aromatic heterocycles. The number of nitrogens with zero attached hydrogens (tertiary/aromatic N) is 7. The average molecular weight is 389 g/mol. The second-order valence-corrected chi connectivity index (χ2v) is 7.30. The minimum Gasteiger partial charge on any atom is -0.381 e. The van der Waals surface area contributed by atoms with Gasteiger partial charge in [-0.15, -0.1) is 5.10 Å². The summed E-state index contributed by atoms with van der Waals surface area (Å²) in [5, 5.41) is 9.20. The maximum atomic E-state index is 5.52. The number of hydrogen-bond acceptors (Lipinski definition) is 5. The van der Waals surface area contributed by atoms with Gasteiger partial charge in [0.2, 0.25) is 0 Å². The van der Waals surface area contributed by atoms with E-state index in [9.17, 15) is 0 Å². The average Bonchev–Trinajstić information content (AvgIpc) is 3.47. The van der Waals surface area contributed by atoms with Gasteiger partial charge in [0.1, 0.15) is 11.5 Å². The lowest BCUT2D eigenvalue weighted by Crippen LogP contribution is -2.15. The summed E-state index contributed by atoms with van der Waals surface area (Å²) in [6.45, 7) is 1.51. The summed E-state index contributed by atoms with van der Waals surface area (Å²) in [6, 6.07) is 12.1. The van der Waals surface area contributed by atoms with Crippen LogP contribution in [0.5, 0.6) is 0 Å². The smallest absolute Gasteiger partial charge is 0.183 e. The summed E-state index contributed by atoms with van der Waals surface area (Å²) in [4.78, 5) is 9.63. The third-order valence-electron chi connectivity index (χ3n) is 5.47. The standard InChI is InChI=1S/C21H23N7O/c1-26-17(14-22-20(26)16-6-4-3-5-7-16)21-24-19(15-9-12-29-13-10-15)25-28(21)18-8-11-23-27(18)2/h3-8,11,14-15H,9-10,12-13H2,1-2H3. The van der Waals surface area contributed by atoms with Gasteiger partial charge in [0.15, 0.2) is 17.5 Å². The number of rotatable bonds is 4. The Hall–Kier alpha value is -3.26. The Morgan fingerprint density at radius 3 is 2.52 bits per heavy atom. The zero-order valence-corrected chi connectivity index (χ0v) is 16.6. The topological polar surface area (TPSA) is 75.6 Å². The van der Waals surface area contributed by atoms with Gasteiger partial charge in [0.05, 0.1) is 12.4 Å². The van der Waals surface area contributed by atoms with Gasteiger partial charge in [-0.1, -0.05) is 30.3 Å². The van der Waals surface area contributed by atoms with Crippen molar-refractivity contribution in [1.29, 1.82) is 0 Å². The van der Waals surface area contributed by atoms with Crippen LogP contribution in [0.25, 0.3) is 28.7 Å². The number of aromatic nitrogens is 7. The van der Waals surface area contributed by atoms with E-state index in [0.29, 0.717) is 5.92 Å². The summed E-state index contributed by atoms with van der Waals surface area (Å²) >= 11 is 0. The SMILES string of the molecule is Cn1nccc1-n1nc(C2CCOCC2)nc1-c1cnc(-c2ccccc2)n1C. The molecule has 1 fully saturated rings. The Bertz CT molecular complexity index is 1120. The number of aryl methyl sites for hydroxylation is 1. The maximum absolute atomic E-state index is 5.52. The van der Waals surface area contributed by atoms with Crippen molar-refractivity contribution in [1.82, 2.24) is 34.1 Å². The van der Waals surface area contributed by atoms with Crippen molar-refractivity contribution in [3.8, 4) is 28.7 Å². The van der Waals surface area contributed by atoms with Crippen LogP contribution in [0.15, 0.2) is 48.8 Å². The van der Waals surface area contributed by atoms with E-state index in [-0.39, 0.29) is 0 Å². The second-order valence-electron chi connectivity index (χ2n) is 7.30. The number of benzene rings is 1. The normalized spacial score (nSPS) is 15.1. The molecular weight excluding hydrogens is 366 g/mol. The molecule has 0 amide bonds. The molecule has 5 rings (SSSR count). The van der Waals surface area contributed by atoms with Crippen LogP contribution in [-0.2, 0) is 18.8 Å². The van der Waals surface area contributed by atoms with Crippen LogP contribution in [0.3, 0.4) is 0 Å². The third kappa shape index (κ3) is 3.15. The van der Waals surface area contributed by atoms with Gasteiger partial charge in [-0.2, -0.15) is 9.78 Å². The summed E-state index contributed by atoms with van der Waals surface area (Å²) in [5.74, 6) is 3.69. The first kappa shape index (κ1) is 17.8. The van der Waals surface area contributed by atoms with E-state index in [1.807, 2.05) is 49.2 Å². The van der Waals surface area contributed by atoms with Crippen LogP contribution < -0.4 is 0 Å². The van der Waals surface area contributed by atoms with E-state index < -0.39 is 0 Å². The molecule has 8 nitrogen and oxygen atoms in total. The molecule has 0 unspecified atom stereocenters. The van der Waals surface area contributed by atoms with E-state index in [0.717, 1.165) is 60.6 Å². The highest BCUT2D eigenvalue weighted by molar-refractivity contribution is 5.62. The zero-order chi connectivity index (χ0) is 19.8. The molecule has 1 aromatic carbocycles. The molecule has 0 radical (unpaired) electrons. The number of imidazole rings is 1. The lowest BCUT2D eigenvalue weighted by Gasteiger charge is -2.18. The third-order valence-corrected chi connectivity index (χ3v) is 5.47. The molecule has 1 aliphatic rings. The molecule has 4 heterocycles. The van der Waals surface area contributed by atoms with E-state index in [1.54, 1.807) is 10.9 Å². The van der Waals surface area contributed by atoms with Gasteiger partial charge in [0.25, 0.3) is 0 Å². The first-order valence-corrected chi connectivity index (χ1v) is 9.83. The molecule has 1 saturated heterocycles. The molecule has 4 aromatic rings. The van der Waals surface area contributed by atoms with Crippen molar-refractivity contribution in [3.05, 3.63) is 54.6 Å². The summed E-state index contributed by atoms with van der Waals surface area (Å²) in [6.07, 6.45) is 5.52. The maximum Gasteiger partial charge on any atom is 0.183 e. The van der Waals surface area contributed by atoms with Gasteiger partial charge in [0, 0.05) is 44.9 Å². The fraction of sp³-hybridized carbons (Fsp3) is 0.333. The quantitative estimate of drug-likeness (QED) is 0.536. The predicted octanol–water partition coefficient (Wildman–Crippen LogP) is 2.96. The monoisotopic (exact) mass is 389 g/mol.